The van der Waals surface area contributed by atoms with E-state index in [-0.39, 0.29) is 0 Å². The Bertz CT molecular complexity index is 776. The predicted octanol–water partition coefficient (Wildman–Crippen LogP) is 2.46. The summed E-state index contributed by atoms with van der Waals surface area (Å²) in [6, 6.07) is 1.90. The van der Waals surface area contributed by atoms with E-state index in [0.717, 1.165) is 47.5 Å². The molecule has 0 N–H and O–H groups in total. The van der Waals surface area contributed by atoms with Gasteiger partial charge in [0, 0.05) is 13.6 Å². The molecular formula is C14H19N7OS. The van der Waals surface area contributed by atoms with Crippen molar-refractivity contribution in [2.24, 2.45) is 7.05 Å². The minimum atomic E-state index is 0.660. The highest BCUT2D eigenvalue weighted by Gasteiger charge is 2.16. The molecule has 0 aromatic carbocycles. The maximum absolute atomic E-state index is 5.34. The van der Waals surface area contributed by atoms with Crippen LogP contribution >= 0.6 is 11.8 Å². The van der Waals surface area contributed by atoms with Gasteiger partial charge in [0.15, 0.2) is 16.8 Å². The number of aromatic nitrogens is 7. The quantitative estimate of drug-likeness (QED) is 0.614. The molecule has 0 amide bonds. The average molecular weight is 333 g/mol. The summed E-state index contributed by atoms with van der Waals surface area (Å²) in [6.07, 6.45) is 3.84. The summed E-state index contributed by atoms with van der Waals surface area (Å²) in [5, 5.41) is 21.2. The summed E-state index contributed by atoms with van der Waals surface area (Å²) in [6.45, 7) is 4.91. The summed E-state index contributed by atoms with van der Waals surface area (Å²) in [5.74, 6) is 3.14. The van der Waals surface area contributed by atoms with Crippen molar-refractivity contribution in [3.8, 4) is 11.4 Å². The van der Waals surface area contributed by atoms with E-state index < -0.39 is 0 Å². The maximum atomic E-state index is 5.34. The highest BCUT2D eigenvalue weighted by molar-refractivity contribution is 7.98. The number of nitrogens with zero attached hydrogens (tertiary/aromatic N) is 7. The fourth-order valence-corrected chi connectivity index (χ4v) is 3.07. The zero-order valence-corrected chi connectivity index (χ0v) is 14.2. The zero-order valence-electron chi connectivity index (χ0n) is 13.4. The van der Waals surface area contributed by atoms with Crippen LogP contribution in [0.4, 0.5) is 0 Å². The molecule has 0 bridgehead atoms. The third kappa shape index (κ3) is 3.29. The molecule has 0 atom stereocenters. The second kappa shape index (κ2) is 6.95. The summed E-state index contributed by atoms with van der Waals surface area (Å²) >= 11 is 1.57. The van der Waals surface area contributed by atoms with Gasteiger partial charge in [0.25, 0.3) is 0 Å². The molecule has 0 spiro atoms. The van der Waals surface area contributed by atoms with Crippen LogP contribution in [0.3, 0.4) is 0 Å². The normalized spacial score (nSPS) is 11.3. The molecular weight excluding hydrogens is 314 g/mol. The summed E-state index contributed by atoms with van der Waals surface area (Å²) < 4.78 is 9.15. The monoisotopic (exact) mass is 333 g/mol. The van der Waals surface area contributed by atoms with Gasteiger partial charge in [-0.15, -0.1) is 15.3 Å². The molecule has 0 fully saturated rings. The molecule has 122 valence electrons. The molecule has 0 aliphatic rings. The van der Waals surface area contributed by atoms with Crippen LogP contribution in [0.25, 0.3) is 11.4 Å². The second-order valence-corrected chi connectivity index (χ2v) is 6.16. The van der Waals surface area contributed by atoms with E-state index in [2.05, 4.69) is 32.6 Å². The number of furan rings is 1. The van der Waals surface area contributed by atoms with Gasteiger partial charge in [-0.3, -0.25) is 0 Å². The summed E-state index contributed by atoms with van der Waals surface area (Å²) in [4.78, 5) is 0. The number of tetrazole rings is 1. The Morgan fingerprint density at radius 1 is 1.26 bits per heavy atom. The smallest absolute Gasteiger partial charge is 0.191 e. The minimum Gasteiger partial charge on any atom is -0.469 e. The Balaban J connectivity index is 1.71. The molecule has 0 aliphatic heterocycles. The van der Waals surface area contributed by atoms with Crippen molar-refractivity contribution < 1.29 is 4.42 Å². The highest BCUT2D eigenvalue weighted by Crippen LogP contribution is 2.27. The Morgan fingerprint density at radius 3 is 2.87 bits per heavy atom. The van der Waals surface area contributed by atoms with Crippen LogP contribution in [0.15, 0.2) is 21.9 Å². The van der Waals surface area contributed by atoms with E-state index in [0.29, 0.717) is 5.75 Å². The van der Waals surface area contributed by atoms with Crippen molar-refractivity contribution in [2.75, 3.05) is 0 Å². The number of rotatable bonds is 7. The molecule has 8 nitrogen and oxygen atoms in total. The molecule has 0 saturated heterocycles. The Morgan fingerprint density at radius 2 is 2.13 bits per heavy atom. The van der Waals surface area contributed by atoms with Crippen molar-refractivity contribution in [3.63, 3.8) is 0 Å². The van der Waals surface area contributed by atoms with Gasteiger partial charge in [-0.25, -0.2) is 4.68 Å². The van der Waals surface area contributed by atoms with Crippen LogP contribution in [0.5, 0.6) is 0 Å². The molecule has 0 saturated carbocycles. The molecule has 3 heterocycles. The van der Waals surface area contributed by atoms with E-state index in [1.807, 2.05) is 29.3 Å². The highest BCUT2D eigenvalue weighted by atomic mass is 32.2. The lowest BCUT2D eigenvalue weighted by molar-refractivity contribution is 0.534. The number of thioether (sulfide) groups is 1. The van der Waals surface area contributed by atoms with Crippen LogP contribution in [0, 0.1) is 6.92 Å². The van der Waals surface area contributed by atoms with Crippen LogP contribution in [0.1, 0.15) is 31.4 Å². The van der Waals surface area contributed by atoms with Crippen LogP contribution < -0.4 is 0 Å². The SMILES string of the molecule is CCCCn1nnnc1CSc1nnc(-c2ccoc2C)n1C. The van der Waals surface area contributed by atoms with E-state index in [1.54, 1.807) is 18.0 Å². The fraction of sp³-hybridized carbons (Fsp3) is 0.500. The molecule has 3 aromatic heterocycles. The first-order valence-corrected chi connectivity index (χ1v) is 8.51. The van der Waals surface area contributed by atoms with Gasteiger partial charge in [0.2, 0.25) is 0 Å². The second-order valence-electron chi connectivity index (χ2n) is 5.22. The van der Waals surface area contributed by atoms with Crippen LogP contribution in [-0.4, -0.2) is 35.0 Å². The Hall–Kier alpha value is -2.16. The van der Waals surface area contributed by atoms with Crippen LogP contribution in [-0.2, 0) is 19.3 Å². The molecule has 0 aliphatic carbocycles. The molecule has 0 unspecified atom stereocenters. The lowest BCUT2D eigenvalue weighted by atomic mass is 10.2. The van der Waals surface area contributed by atoms with Gasteiger partial charge in [-0.05, 0) is 29.8 Å². The molecule has 0 radical (unpaired) electrons. The van der Waals surface area contributed by atoms with E-state index in [1.165, 1.54) is 0 Å². The van der Waals surface area contributed by atoms with Crippen molar-refractivity contribution in [1.29, 1.82) is 0 Å². The maximum Gasteiger partial charge on any atom is 0.191 e. The van der Waals surface area contributed by atoms with E-state index >= 15 is 0 Å². The Kier molecular flexibility index (Phi) is 4.75. The predicted molar refractivity (Wildman–Crippen MR) is 85.7 cm³/mol. The lowest BCUT2D eigenvalue weighted by Crippen LogP contribution is -2.05. The van der Waals surface area contributed by atoms with Gasteiger partial charge in [0.1, 0.15) is 5.76 Å². The number of hydrogen-bond donors (Lipinski definition) is 0. The van der Waals surface area contributed by atoms with Gasteiger partial charge < -0.3 is 8.98 Å². The molecule has 9 heteroatoms. The van der Waals surface area contributed by atoms with Crippen molar-refractivity contribution in [2.45, 2.75) is 44.1 Å². The number of hydrogen-bond acceptors (Lipinski definition) is 7. The fourth-order valence-electron chi connectivity index (χ4n) is 2.23. The van der Waals surface area contributed by atoms with Gasteiger partial charge in [0.05, 0.1) is 17.6 Å². The number of aryl methyl sites for hydroxylation is 2. The molecule has 3 rings (SSSR count). The first-order valence-electron chi connectivity index (χ1n) is 7.52. The average Bonchev–Trinajstić information content (AvgIpc) is 3.24. The van der Waals surface area contributed by atoms with E-state index in [9.17, 15) is 0 Å². The standard InChI is InChI=1S/C14H19N7OS/c1-4-5-7-21-12(15-18-19-21)9-23-14-17-16-13(20(14)3)11-6-8-22-10(11)2/h6,8H,4-5,7,9H2,1-3H3. The minimum absolute atomic E-state index is 0.660. The Labute approximate surface area is 138 Å². The van der Waals surface area contributed by atoms with Crippen LogP contribution in [0.2, 0.25) is 0 Å². The number of unbranched alkanes of at least 4 members (excludes halogenated alkanes) is 1. The van der Waals surface area contributed by atoms with Gasteiger partial charge >= 0.3 is 0 Å². The van der Waals surface area contributed by atoms with Crippen molar-refractivity contribution in [1.82, 2.24) is 35.0 Å². The third-order valence-electron chi connectivity index (χ3n) is 3.59. The lowest BCUT2D eigenvalue weighted by Gasteiger charge is -2.04. The zero-order chi connectivity index (χ0) is 16.2. The molecule has 23 heavy (non-hydrogen) atoms. The first-order chi connectivity index (χ1) is 11.2. The van der Waals surface area contributed by atoms with E-state index in [4.69, 9.17) is 4.42 Å². The summed E-state index contributed by atoms with van der Waals surface area (Å²) in [5.41, 5.74) is 0.958. The topological polar surface area (TPSA) is 87.4 Å². The molecule has 3 aromatic rings. The van der Waals surface area contributed by atoms with Gasteiger partial charge in [-0.2, -0.15) is 0 Å². The first kappa shape index (κ1) is 15.7. The largest absolute Gasteiger partial charge is 0.469 e. The van der Waals surface area contributed by atoms with Crippen molar-refractivity contribution >= 4 is 11.8 Å². The summed E-state index contributed by atoms with van der Waals surface area (Å²) in [7, 11) is 1.95. The van der Waals surface area contributed by atoms with Gasteiger partial charge in [-0.1, -0.05) is 25.1 Å². The third-order valence-corrected chi connectivity index (χ3v) is 4.61. The van der Waals surface area contributed by atoms with Crippen molar-refractivity contribution in [3.05, 3.63) is 23.9 Å².